The summed E-state index contributed by atoms with van der Waals surface area (Å²) in [5.41, 5.74) is 0. The summed E-state index contributed by atoms with van der Waals surface area (Å²) in [7, 11) is 2.41. The van der Waals surface area contributed by atoms with Crippen LogP contribution >= 0.6 is 0 Å². The number of carboxylic acid groups (broad SMARTS) is 1. The van der Waals surface area contributed by atoms with Crippen molar-refractivity contribution >= 4 is 17.9 Å². The summed E-state index contributed by atoms with van der Waals surface area (Å²) < 4.78 is 9.19. The van der Waals surface area contributed by atoms with Gasteiger partial charge in [-0.05, 0) is 12.8 Å². The maximum absolute atomic E-state index is 11.6. The van der Waals surface area contributed by atoms with E-state index in [0.717, 1.165) is 0 Å². The Morgan fingerprint density at radius 2 is 1.53 bits per heavy atom. The van der Waals surface area contributed by atoms with E-state index in [2.05, 4.69) is 9.47 Å². The molecule has 0 aromatic heterocycles. The largest absolute Gasteiger partial charge is 0.481 e. The topological polar surface area (TPSA) is 89.9 Å². The lowest BCUT2D eigenvalue weighted by Gasteiger charge is -2.32. The molecule has 0 amide bonds. The Hall–Kier alpha value is -1.59. The van der Waals surface area contributed by atoms with E-state index in [4.69, 9.17) is 5.11 Å². The zero-order valence-corrected chi connectivity index (χ0v) is 9.84. The lowest BCUT2D eigenvalue weighted by Crippen LogP contribution is -2.42. The molecule has 1 aliphatic carbocycles. The number of ether oxygens (including phenoxy) is 2. The number of carboxylic acids is 1. The lowest BCUT2D eigenvalue weighted by molar-refractivity contribution is -0.167. The van der Waals surface area contributed by atoms with Crippen LogP contribution in [0.1, 0.15) is 19.3 Å². The molecule has 1 rings (SSSR count). The van der Waals surface area contributed by atoms with Crippen molar-refractivity contribution < 1.29 is 29.0 Å². The third-order valence-electron chi connectivity index (χ3n) is 3.19. The summed E-state index contributed by atoms with van der Waals surface area (Å²) in [4.78, 5) is 34.2. The molecule has 3 atom stereocenters. The number of hydrogen-bond acceptors (Lipinski definition) is 5. The molecular weight excluding hydrogens is 228 g/mol. The minimum absolute atomic E-state index is 0.378. The smallest absolute Gasteiger partial charge is 0.310 e. The highest BCUT2D eigenvalue weighted by atomic mass is 16.5. The van der Waals surface area contributed by atoms with Crippen LogP contribution in [0.15, 0.2) is 0 Å². The molecule has 17 heavy (non-hydrogen) atoms. The summed E-state index contributed by atoms with van der Waals surface area (Å²) in [5, 5.41) is 9.07. The SMILES string of the molecule is COC(=O)C1CCCC(C(=O)O)C1C(=O)OC. The minimum Gasteiger partial charge on any atom is -0.481 e. The van der Waals surface area contributed by atoms with Gasteiger partial charge in [0.2, 0.25) is 0 Å². The van der Waals surface area contributed by atoms with Crippen molar-refractivity contribution in [3.63, 3.8) is 0 Å². The van der Waals surface area contributed by atoms with Crippen molar-refractivity contribution in [2.24, 2.45) is 17.8 Å². The van der Waals surface area contributed by atoms with Gasteiger partial charge in [-0.25, -0.2) is 0 Å². The van der Waals surface area contributed by atoms with Crippen molar-refractivity contribution in [1.82, 2.24) is 0 Å². The van der Waals surface area contributed by atoms with E-state index in [1.807, 2.05) is 0 Å². The van der Waals surface area contributed by atoms with Crippen molar-refractivity contribution in [2.45, 2.75) is 19.3 Å². The van der Waals surface area contributed by atoms with E-state index in [1.165, 1.54) is 14.2 Å². The Bertz CT molecular complexity index is 324. The summed E-state index contributed by atoms with van der Waals surface area (Å²) in [6, 6.07) is 0. The highest BCUT2D eigenvalue weighted by Gasteiger charge is 2.46. The highest BCUT2D eigenvalue weighted by Crippen LogP contribution is 2.36. The molecule has 3 unspecified atom stereocenters. The molecule has 1 saturated carbocycles. The monoisotopic (exact) mass is 244 g/mol. The molecule has 0 aromatic rings. The van der Waals surface area contributed by atoms with Crippen LogP contribution in [0.4, 0.5) is 0 Å². The summed E-state index contributed by atoms with van der Waals surface area (Å²) in [6.07, 6.45) is 1.42. The molecular formula is C11H16O6. The average molecular weight is 244 g/mol. The number of hydrogen-bond donors (Lipinski definition) is 1. The molecule has 0 saturated heterocycles. The fourth-order valence-electron chi connectivity index (χ4n) is 2.35. The molecule has 1 fully saturated rings. The Morgan fingerprint density at radius 1 is 1.00 bits per heavy atom. The standard InChI is InChI=1S/C11H16O6/c1-16-10(14)7-5-3-4-6(9(12)13)8(7)11(15)17-2/h6-8H,3-5H2,1-2H3,(H,12,13). The van der Waals surface area contributed by atoms with Crippen LogP contribution in [0.25, 0.3) is 0 Å². The van der Waals surface area contributed by atoms with E-state index >= 15 is 0 Å². The highest BCUT2D eigenvalue weighted by molar-refractivity contribution is 5.87. The van der Waals surface area contributed by atoms with Gasteiger partial charge in [0.05, 0.1) is 32.0 Å². The van der Waals surface area contributed by atoms with Crippen molar-refractivity contribution in [3.05, 3.63) is 0 Å². The van der Waals surface area contributed by atoms with E-state index in [1.54, 1.807) is 0 Å². The van der Waals surface area contributed by atoms with Gasteiger partial charge in [0.15, 0.2) is 0 Å². The van der Waals surface area contributed by atoms with Crippen LogP contribution in [0, 0.1) is 17.8 Å². The van der Waals surface area contributed by atoms with Crippen LogP contribution in [0.2, 0.25) is 0 Å². The average Bonchev–Trinajstić information content (AvgIpc) is 2.35. The molecule has 0 radical (unpaired) electrons. The maximum Gasteiger partial charge on any atom is 0.310 e. The quantitative estimate of drug-likeness (QED) is 0.725. The van der Waals surface area contributed by atoms with Gasteiger partial charge in [0, 0.05) is 0 Å². The molecule has 96 valence electrons. The first-order chi connectivity index (χ1) is 8.02. The maximum atomic E-state index is 11.6. The van der Waals surface area contributed by atoms with Crippen LogP contribution in [0.3, 0.4) is 0 Å². The van der Waals surface area contributed by atoms with Gasteiger partial charge in [-0.15, -0.1) is 0 Å². The molecule has 6 heteroatoms. The van der Waals surface area contributed by atoms with Gasteiger partial charge in [-0.1, -0.05) is 6.42 Å². The minimum atomic E-state index is -1.07. The van der Waals surface area contributed by atoms with Gasteiger partial charge in [-0.2, -0.15) is 0 Å². The van der Waals surface area contributed by atoms with E-state index in [-0.39, 0.29) is 0 Å². The normalized spacial score (nSPS) is 28.2. The van der Waals surface area contributed by atoms with E-state index < -0.39 is 35.7 Å². The second-order valence-corrected chi connectivity index (χ2v) is 4.05. The first-order valence-corrected chi connectivity index (χ1v) is 5.41. The molecule has 0 heterocycles. The third kappa shape index (κ3) is 2.75. The van der Waals surface area contributed by atoms with E-state index in [0.29, 0.717) is 19.3 Å². The summed E-state index contributed by atoms with van der Waals surface area (Å²) >= 11 is 0. The zero-order valence-electron chi connectivity index (χ0n) is 9.84. The molecule has 0 aromatic carbocycles. The first-order valence-electron chi connectivity index (χ1n) is 5.41. The van der Waals surface area contributed by atoms with E-state index in [9.17, 15) is 14.4 Å². The predicted molar refractivity (Wildman–Crippen MR) is 56.0 cm³/mol. The fraction of sp³-hybridized carbons (Fsp3) is 0.727. The Labute approximate surface area is 98.9 Å². The van der Waals surface area contributed by atoms with Gasteiger partial charge in [0.25, 0.3) is 0 Å². The van der Waals surface area contributed by atoms with Crippen LogP contribution in [0.5, 0.6) is 0 Å². The molecule has 1 N–H and O–H groups in total. The van der Waals surface area contributed by atoms with Gasteiger partial charge < -0.3 is 14.6 Å². The lowest BCUT2D eigenvalue weighted by atomic mass is 9.72. The predicted octanol–water partition coefficient (Wildman–Crippen LogP) is 0.449. The van der Waals surface area contributed by atoms with Gasteiger partial charge >= 0.3 is 17.9 Å². The number of carbonyl (C=O) groups is 3. The molecule has 6 nitrogen and oxygen atoms in total. The molecule has 0 bridgehead atoms. The number of carbonyl (C=O) groups excluding carboxylic acids is 2. The fourth-order valence-corrected chi connectivity index (χ4v) is 2.35. The Morgan fingerprint density at radius 3 is 2.00 bits per heavy atom. The van der Waals surface area contributed by atoms with Crippen LogP contribution in [-0.2, 0) is 23.9 Å². The number of aliphatic carboxylic acids is 1. The Kier molecular flexibility index (Phi) is 4.48. The number of esters is 2. The molecule has 0 spiro atoms. The van der Waals surface area contributed by atoms with Crippen molar-refractivity contribution in [3.8, 4) is 0 Å². The van der Waals surface area contributed by atoms with Crippen molar-refractivity contribution in [1.29, 1.82) is 0 Å². The van der Waals surface area contributed by atoms with Crippen LogP contribution in [-0.4, -0.2) is 37.2 Å². The van der Waals surface area contributed by atoms with Crippen LogP contribution < -0.4 is 0 Å². The van der Waals surface area contributed by atoms with Gasteiger partial charge in [-0.3, -0.25) is 14.4 Å². The number of methoxy groups -OCH3 is 2. The molecule has 1 aliphatic rings. The second-order valence-electron chi connectivity index (χ2n) is 4.05. The summed E-state index contributed by atoms with van der Waals surface area (Å²) in [6.45, 7) is 0. The zero-order chi connectivity index (χ0) is 13.0. The third-order valence-corrected chi connectivity index (χ3v) is 3.19. The number of rotatable bonds is 3. The first kappa shape index (κ1) is 13.5. The summed E-state index contributed by atoms with van der Waals surface area (Å²) in [5.74, 6) is -4.82. The Balaban J connectivity index is 2.98. The van der Waals surface area contributed by atoms with Crippen molar-refractivity contribution in [2.75, 3.05) is 14.2 Å². The second kappa shape index (κ2) is 5.65. The molecule has 0 aliphatic heterocycles. The van der Waals surface area contributed by atoms with Gasteiger partial charge in [0.1, 0.15) is 0 Å².